The summed E-state index contributed by atoms with van der Waals surface area (Å²) in [5, 5.41) is 5.49. The number of halogens is 4. The molecule has 0 heterocycles. The molecule has 0 aliphatic rings. The molecule has 23 heavy (non-hydrogen) atoms. The molecule has 2 nitrogen and oxygen atoms in total. The minimum atomic E-state index is -4.45. The molecule has 0 aliphatic heterocycles. The van der Waals surface area contributed by atoms with Gasteiger partial charge in [0, 0.05) is 6.54 Å². The summed E-state index contributed by atoms with van der Waals surface area (Å²) < 4.78 is 51.4. The van der Waals surface area contributed by atoms with Gasteiger partial charge in [0.05, 0.1) is 11.3 Å². The summed E-state index contributed by atoms with van der Waals surface area (Å²) in [5.41, 5.74) is 0.0272. The zero-order valence-electron chi connectivity index (χ0n) is 12.0. The highest BCUT2D eigenvalue weighted by atomic mass is 32.1. The molecular formula is C16H14F4N2S. The number of hydrogen-bond donors (Lipinski definition) is 2. The second-order valence-corrected chi connectivity index (χ2v) is 5.21. The number of nitrogens with one attached hydrogen (secondary N) is 2. The summed E-state index contributed by atoms with van der Waals surface area (Å²) in [5.74, 6) is -0.317. The van der Waals surface area contributed by atoms with Gasteiger partial charge in [0.25, 0.3) is 0 Å². The summed E-state index contributed by atoms with van der Waals surface area (Å²) in [6, 6.07) is 11.1. The Labute approximate surface area is 136 Å². The molecule has 0 amide bonds. The van der Waals surface area contributed by atoms with Crippen LogP contribution in [0.3, 0.4) is 0 Å². The highest BCUT2D eigenvalue weighted by Gasteiger charge is 2.33. The third kappa shape index (κ3) is 5.21. The molecular weight excluding hydrogens is 328 g/mol. The largest absolute Gasteiger partial charge is 0.418 e. The molecule has 0 radical (unpaired) electrons. The lowest BCUT2D eigenvalue weighted by molar-refractivity contribution is -0.136. The molecule has 0 saturated heterocycles. The number of hydrogen-bond acceptors (Lipinski definition) is 1. The standard InChI is InChI=1S/C16H14F4N2S/c17-12-7-5-11(6-8-12)9-10-21-15(23)22-14-4-2-1-3-13(14)16(18,19)20/h1-8H,9-10H2,(H2,21,22,23). The first kappa shape index (κ1) is 17.2. The van der Waals surface area contributed by atoms with E-state index in [0.29, 0.717) is 13.0 Å². The van der Waals surface area contributed by atoms with Crippen molar-refractivity contribution in [3.63, 3.8) is 0 Å². The predicted molar refractivity (Wildman–Crippen MR) is 85.8 cm³/mol. The molecule has 7 heteroatoms. The van der Waals surface area contributed by atoms with Crippen LogP contribution in [0.1, 0.15) is 11.1 Å². The average Bonchev–Trinajstić information content (AvgIpc) is 2.49. The normalized spacial score (nSPS) is 11.1. The monoisotopic (exact) mass is 342 g/mol. The maximum Gasteiger partial charge on any atom is 0.418 e. The van der Waals surface area contributed by atoms with Gasteiger partial charge in [-0.25, -0.2) is 4.39 Å². The van der Waals surface area contributed by atoms with E-state index in [1.807, 2.05) is 0 Å². The summed E-state index contributed by atoms with van der Waals surface area (Å²) in [6.07, 6.45) is -3.88. The van der Waals surface area contributed by atoms with Gasteiger partial charge in [-0.3, -0.25) is 0 Å². The van der Waals surface area contributed by atoms with Crippen molar-refractivity contribution in [2.24, 2.45) is 0 Å². The Morgan fingerprint density at radius 3 is 2.30 bits per heavy atom. The number of rotatable bonds is 4. The maximum absolute atomic E-state index is 12.9. The van der Waals surface area contributed by atoms with Crippen molar-refractivity contribution >= 4 is 23.0 Å². The Balaban J connectivity index is 1.89. The molecule has 2 N–H and O–H groups in total. The fourth-order valence-corrected chi connectivity index (χ4v) is 2.19. The van der Waals surface area contributed by atoms with Crippen molar-refractivity contribution in [1.82, 2.24) is 5.32 Å². The molecule has 0 aliphatic carbocycles. The summed E-state index contributed by atoms with van der Waals surface area (Å²) in [6.45, 7) is 0.422. The lowest BCUT2D eigenvalue weighted by Crippen LogP contribution is -2.31. The molecule has 0 saturated carbocycles. The van der Waals surface area contributed by atoms with Gasteiger partial charge < -0.3 is 10.6 Å². The second-order valence-electron chi connectivity index (χ2n) is 4.80. The molecule has 122 valence electrons. The third-order valence-electron chi connectivity index (χ3n) is 3.09. The van der Waals surface area contributed by atoms with Crippen LogP contribution in [0.25, 0.3) is 0 Å². The van der Waals surface area contributed by atoms with Crippen LogP contribution in [-0.4, -0.2) is 11.7 Å². The minimum Gasteiger partial charge on any atom is -0.362 e. The number of anilines is 1. The van der Waals surface area contributed by atoms with Crippen LogP contribution in [0.15, 0.2) is 48.5 Å². The molecule has 0 unspecified atom stereocenters. The fourth-order valence-electron chi connectivity index (χ4n) is 1.98. The summed E-state index contributed by atoms with van der Waals surface area (Å²) >= 11 is 5.01. The fraction of sp³-hybridized carbons (Fsp3) is 0.188. The zero-order valence-corrected chi connectivity index (χ0v) is 12.8. The first-order valence-corrected chi connectivity index (χ1v) is 7.22. The molecule has 0 aromatic heterocycles. The van der Waals surface area contributed by atoms with Crippen LogP contribution in [0.4, 0.5) is 23.2 Å². The Hall–Kier alpha value is -2.15. The van der Waals surface area contributed by atoms with Gasteiger partial charge in [0.1, 0.15) is 5.82 Å². The number of thiocarbonyl (C=S) groups is 1. The molecule has 0 bridgehead atoms. The quantitative estimate of drug-likeness (QED) is 0.637. The highest BCUT2D eigenvalue weighted by Crippen LogP contribution is 2.34. The molecule has 0 fully saturated rings. The van der Waals surface area contributed by atoms with Crippen LogP contribution >= 0.6 is 12.2 Å². The predicted octanol–water partition coefficient (Wildman–Crippen LogP) is 4.37. The smallest absolute Gasteiger partial charge is 0.362 e. The van der Waals surface area contributed by atoms with Gasteiger partial charge in [-0.1, -0.05) is 24.3 Å². The van der Waals surface area contributed by atoms with Crippen molar-refractivity contribution in [3.8, 4) is 0 Å². The van der Waals surface area contributed by atoms with Gasteiger partial charge >= 0.3 is 6.18 Å². The van der Waals surface area contributed by atoms with Crippen molar-refractivity contribution in [2.45, 2.75) is 12.6 Å². The van der Waals surface area contributed by atoms with E-state index in [9.17, 15) is 17.6 Å². The van der Waals surface area contributed by atoms with Gasteiger partial charge in [0.15, 0.2) is 5.11 Å². The van der Waals surface area contributed by atoms with Crippen LogP contribution in [0, 0.1) is 5.82 Å². The number of alkyl halides is 3. The van der Waals surface area contributed by atoms with Crippen LogP contribution in [-0.2, 0) is 12.6 Å². The van der Waals surface area contributed by atoms with Crippen LogP contribution < -0.4 is 10.6 Å². The van der Waals surface area contributed by atoms with Gasteiger partial charge in [-0.2, -0.15) is 13.2 Å². The van der Waals surface area contributed by atoms with E-state index < -0.39 is 11.7 Å². The van der Waals surface area contributed by atoms with Crippen molar-refractivity contribution in [1.29, 1.82) is 0 Å². The maximum atomic E-state index is 12.9. The summed E-state index contributed by atoms with van der Waals surface area (Å²) in [4.78, 5) is 0. The van der Waals surface area contributed by atoms with Crippen LogP contribution in [0.2, 0.25) is 0 Å². The second kappa shape index (κ2) is 7.41. The highest BCUT2D eigenvalue weighted by molar-refractivity contribution is 7.80. The van der Waals surface area contributed by atoms with E-state index in [1.54, 1.807) is 12.1 Å². The molecule has 2 aromatic carbocycles. The topological polar surface area (TPSA) is 24.1 Å². The van der Waals surface area contributed by atoms with Crippen molar-refractivity contribution < 1.29 is 17.6 Å². The number of para-hydroxylation sites is 1. The first-order valence-electron chi connectivity index (χ1n) is 6.82. The van der Waals surface area contributed by atoms with Gasteiger partial charge in [0.2, 0.25) is 0 Å². The van der Waals surface area contributed by atoms with E-state index >= 15 is 0 Å². The van der Waals surface area contributed by atoms with E-state index in [-0.39, 0.29) is 16.6 Å². The lowest BCUT2D eigenvalue weighted by Gasteiger charge is -2.15. The van der Waals surface area contributed by atoms with E-state index in [0.717, 1.165) is 11.6 Å². The molecule has 0 spiro atoms. The summed E-state index contributed by atoms with van der Waals surface area (Å²) in [7, 11) is 0. The average molecular weight is 342 g/mol. The molecule has 2 aromatic rings. The van der Waals surface area contributed by atoms with Gasteiger partial charge in [-0.15, -0.1) is 0 Å². The Bertz CT molecular complexity index is 669. The number of benzene rings is 2. The molecule has 0 atom stereocenters. The van der Waals surface area contributed by atoms with Crippen LogP contribution in [0.5, 0.6) is 0 Å². The SMILES string of the molecule is Fc1ccc(CCNC(=S)Nc2ccccc2C(F)(F)F)cc1. The lowest BCUT2D eigenvalue weighted by atomic mass is 10.1. The Morgan fingerprint density at radius 1 is 1.00 bits per heavy atom. The molecule has 2 rings (SSSR count). The third-order valence-corrected chi connectivity index (χ3v) is 3.34. The van der Waals surface area contributed by atoms with Gasteiger partial charge in [-0.05, 0) is 48.5 Å². The Kier molecular flexibility index (Phi) is 5.54. The first-order chi connectivity index (χ1) is 10.9. The zero-order chi connectivity index (χ0) is 16.9. The van der Waals surface area contributed by atoms with E-state index in [2.05, 4.69) is 10.6 Å². The Morgan fingerprint density at radius 2 is 1.65 bits per heavy atom. The van der Waals surface area contributed by atoms with Crippen molar-refractivity contribution in [3.05, 3.63) is 65.5 Å². The van der Waals surface area contributed by atoms with Crippen molar-refractivity contribution in [2.75, 3.05) is 11.9 Å². The van der Waals surface area contributed by atoms with E-state index in [4.69, 9.17) is 12.2 Å². The minimum absolute atomic E-state index is 0.0979. The van der Waals surface area contributed by atoms with E-state index in [1.165, 1.54) is 30.3 Å².